The van der Waals surface area contributed by atoms with E-state index in [4.69, 9.17) is 5.73 Å². The number of alkyl halides is 3. The van der Waals surface area contributed by atoms with Crippen molar-refractivity contribution in [1.29, 1.82) is 0 Å². The number of amides is 2. The van der Waals surface area contributed by atoms with Gasteiger partial charge in [0, 0.05) is 10.6 Å². The Balaban J connectivity index is 2.00. The number of cyclic esters (lactones) is 1. The summed E-state index contributed by atoms with van der Waals surface area (Å²) in [4.78, 5) is 24.2. The van der Waals surface area contributed by atoms with Crippen LogP contribution in [0, 0.1) is 0 Å². The van der Waals surface area contributed by atoms with Crippen molar-refractivity contribution in [2.75, 3.05) is 24.6 Å². The summed E-state index contributed by atoms with van der Waals surface area (Å²) in [5.41, 5.74) is 4.64. The molecule has 114 valence electrons. The maximum atomic E-state index is 12.5. The summed E-state index contributed by atoms with van der Waals surface area (Å²) in [6, 6.07) is 2.92. The Hall–Kier alpha value is -1.90. The fourth-order valence-electron chi connectivity index (χ4n) is 1.69. The van der Waals surface area contributed by atoms with Crippen molar-refractivity contribution in [2.24, 2.45) is 0 Å². The van der Waals surface area contributed by atoms with Gasteiger partial charge in [-0.05, 0) is 18.2 Å². The third-order valence-electron chi connectivity index (χ3n) is 2.75. The van der Waals surface area contributed by atoms with Crippen molar-refractivity contribution >= 4 is 29.4 Å². The van der Waals surface area contributed by atoms with Crippen LogP contribution in [0.1, 0.15) is 5.56 Å². The number of rotatable bonds is 3. The summed E-state index contributed by atoms with van der Waals surface area (Å²) in [7, 11) is 0. The topological polar surface area (TPSA) is 72.6 Å². The molecule has 1 aromatic carbocycles. The minimum atomic E-state index is -4.47. The van der Waals surface area contributed by atoms with E-state index in [1.54, 1.807) is 0 Å². The minimum Gasteiger partial charge on any atom is -0.447 e. The van der Waals surface area contributed by atoms with E-state index < -0.39 is 23.7 Å². The first-order valence-corrected chi connectivity index (χ1v) is 6.84. The fourth-order valence-corrected chi connectivity index (χ4v) is 2.52. The highest BCUT2D eigenvalue weighted by molar-refractivity contribution is 8.00. The molecular weight excluding hydrogens is 309 g/mol. The molecule has 9 heteroatoms. The molecule has 0 aromatic heterocycles. The van der Waals surface area contributed by atoms with Gasteiger partial charge in [0.25, 0.3) is 0 Å². The van der Waals surface area contributed by atoms with E-state index in [0.29, 0.717) is 4.90 Å². The molecule has 1 aliphatic heterocycles. The van der Waals surface area contributed by atoms with Gasteiger partial charge in [-0.1, -0.05) is 0 Å². The Kier molecular flexibility index (Phi) is 4.31. The van der Waals surface area contributed by atoms with Gasteiger partial charge in [-0.25, -0.2) is 9.69 Å². The van der Waals surface area contributed by atoms with Crippen LogP contribution < -0.4 is 5.73 Å². The Morgan fingerprint density at radius 1 is 1.43 bits per heavy atom. The number of nitrogens with zero attached hydrogens (tertiary/aromatic N) is 1. The summed E-state index contributed by atoms with van der Waals surface area (Å²) in [6.07, 6.45) is -5.17. The molecule has 1 aliphatic rings. The standard InChI is InChI=1S/C12H11F3N2O3S/c13-12(14,15)7-1-2-9(8(16)5-7)21-6-10(18)17-3-4-20-11(17)19/h1-2,5H,3-4,6,16H2. The lowest BCUT2D eigenvalue weighted by atomic mass is 10.2. The lowest BCUT2D eigenvalue weighted by Gasteiger charge is -2.12. The average molecular weight is 320 g/mol. The molecule has 21 heavy (non-hydrogen) atoms. The van der Waals surface area contributed by atoms with Gasteiger partial charge >= 0.3 is 12.3 Å². The van der Waals surface area contributed by atoms with Gasteiger partial charge in [0.1, 0.15) is 6.61 Å². The number of carbonyl (C=O) groups is 2. The van der Waals surface area contributed by atoms with Crippen LogP contribution in [0.5, 0.6) is 0 Å². The molecule has 2 rings (SSSR count). The maximum Gasteiger partial charge on any atom is 0.416 e. The van der Waals surface area contributed by atoms with Crippen LogP contribution in [-0.4, -0.2) is 35.8 Å². The number of nitrogens with two attached hydrogens (primary N) is 1. The second-order valence-corrected chi connectivity index (χ2v) is 5.22. The molecule has 2 N–H and O–H groups in total. The van der Waals surface area contributed by atoms with E-state index in [0.717, 1.165) is 28.8 Å². The highest BCUT2D eigenvalue weighted by Crippen LogP contribution is 2.34. The van der Waals surface area contributed by atoms with E-state index in [9.17, 15) is 22.8 Å². The Bertz CT molecular complexity index is 577. The molecule has 1 saturated heterocycles. The zero-order chi connectivity index (χ0) is 15.6. The molecule has 2 amide bonds. The van der Waals surface area contributed by atoms with Crippen molar-refractivity contribution < 1.29 is 27.5 Å². The number of imide groups is 1. The highest BCUT2D eigenvalue weighted by Gasteiger charge is 2.31. The van der Waals surface area contributed by atoms with E-state index in [2.05, 4.69) is 4.74 Å². The summed E-state index contributed by atoms with van der Waals surface area (Å²) < 4.78 is 42.1. The molecule has 0 aliphatic carbocycles. The predicted molar refractivity (Wildman–Crippen MR) is 69.6 cm³/mol. The molecule has 0 atom stereocenters. The molecule has 0 unspecified atom stereocenters. The van der Waals surface area contributed by atoms with Crippen LogP contribution in [0.2, 0.25) is 0 Å². The van der Waals surface area contributed by atoms with E-state index in [1.165, 1.54) is 6.07 Å². The van der Waals surface area contributed by atoms with Gasteiger partial charge in [-0.15, -0.1) is 11.8 Å². The van der Waals surface area contributed by atoms with Crippen molar-refractivity contribution in [1.82, 2.24) is 4.90 Å². The average Bonchev–Trinajstić information content (AvgIpc) is 2.82. The molecule has 1 aromatic rings. The van der Waals surface area contributed by atoms with Crippen LogP contribution in [-0.2, 0) is 15.7 Å². The fraction of sp³-hybridized carbons (Fsp3) is 0.333. The summed E-state index contributed by atoms with van der Waals surface area (Å²) in [6.45, 7) is 0.332. The second-order valence-electron chi connectivity index (χ2n) is 4.20. The minimum absolute atomic E-state index is 0.0633. The molecular formula is C12H11F3N2O3S. The number of hydrogen-bond donors (Lipinski definition) is 1. The summed E-state index contributed by atoms with van der Waals surface area (Å²) >= 11 is 0.972. The third-order valence-corrected chi connectivity index (χ3v) is 3.82. The van der Waals surface area contributed by atoms with Crippen molar-refractivity contribution in [3.05, 3.63) is 23.8 Å². The van der Waals surface area contributed by atoms with Crippen LogP contribution in [0.15, 0.2) is 23.1 Å². The van der Waals surface area contributed by atoms with Crippen molar-refractivity contribution in [2.45, 2.75) is 11.1 Å². The first kappa shape index (κ1) is 15.5. The lowest BCUT2D eigenvalue weighted by molar-refractivity contribution is -0.137. The molecule has 0 saturated carbocycles. The molecule has 5 nitrogen and oxygen atoms in total. The third kappa shape index (κ3) is 3.60. The molecule has 1 heterocycles. The Labute approximate surface area is 122 Å². The first-order valence-electron chi connectivity index (χ1n) is 5.85. The largest absolute Gasteiger partial charge is 0.447 e. The number of thioether (sulfide) groups is 1. The predicted octanol–water partition coefficient (Wildman–Crippen LogP) is 2.36. The van der Waals surface area contributed by atoms with E-state index in [1.807, 2.05) is 0 Å². The smallest absolute Gasteiger partial charge is 0.416 e. The SMILES string of the molecule is Nc1cc(C(F)(F)F)ccc1SCC(=O)N1CCOC1=O. The van der Waals surface area contributed by atoms with Gasteiger partial charge in [-0.2, -0.15) is 13.2 Å². The summed E-state index contributed by atoms with van der Waals surface area (Å²) in [5, 5.41) is 0. The zero-order valence-corrected chi connectivity index (χ0v) is 11.5. The molecule has 0 bridgehead atoms. The number of carbonyl (C=O) groups excluding carboxylic acids is 2. The van der Waals surface area contributed by atoms with Crippen LogP contribution >= 0.6 is 11.8 Å². The Morgan fingerprint density at radius 3 is 2.67 bits per heavy atom. The quantitative estimate of drug-likeness (QED) is 0.684. The van der Waals surface area contributed by atoms with Gasteiger partial charge in [0.15, 0.2) is 0 Å². The maximum absolute atomic E-state index is 12.5. The van der Waals surface area contributed by atoms with Crippen molar-refractivity contribution in [3.63, 3.8) is 0 Å². The number of benzene rings is 1. The monoisotopic (exact) mass is 320 g/mol. The van der Waals surface area contributed by atoms with Gasteiger partial charge in [-0.3, -0.25) is 4.79 Å². The lowest BCUT2D eigenvalue weighted by Crippen LogP contribution is -2.32. The molecule has 0 radical (unpaired) electrons. The van der Waals surface area contributed by atoms with E-state index in [-0.39, 0.29) is 24.6 Å². The van der Waals surface area contributed by atoms with Crippen molar-refractivity contribution in [3.8, 4) is 0 Å². The van der Waals surface area contributed by atoms with Gasteiger partial charge in [0.2, 0.25) is 5.91 Å². The van der Waals surface area contributed by atoms with E-state index >= 15 is 0 Å². The van der Waals surface area contributed by atoms with Crippen LogP contribution in [0.25, 0.3) is 0 Å². The second kappa shape index (κ2) is 5.84. The van der Waals surface area contributed by atoms with Crippen LogP contribution in [0.4, 0.5) is 23.7 Å². The number of hydrogen-bond acceptors (Lipinski definition) is 5. The normalized spacial score (nSPS) is 15.2. The zero-order valence-electron chi connectivity index (χ0n) is 10.6. The molecule has 1 fully saturated rings. The number of halogens is 3. The summed E-state index contributed by atoms with van der Waals surface area (Å²) in [5.74, 6) is -0.577. The van der Waals surface area contributed by atoms with Gasteiger partial charge < -0.3 is 10.5 Å². The Morgan fingerprint density at radius 2 is 2.14 bits per heavy atom. The number of nitrogen functional groups attached to an aromatic ring is 1. The first-order chi connectivity index (χ1) is 9.79. The number of ether oxygens (including phenoxy) is 1. The van der Waals surface area contributed by atoms with Gasteiger partial charge in [0.05, 0.1) is 17.9 Å². The highest BCUT2D eigenvalue weighted by atomic mass is 32.2. The van der Waals surface area contributed by atoms with Crippen LogP contribution in [0.3, 0.4) is 0 Å². The molecule has 0 spiro atoms. The number of anilines is 1.